The van der Waals surface area contributed by atoms with Crippen LogP contribution in [0, 0.1) is 0 Å². The molecule has 1 atom stereocenters. The SMILES string of the molecule is CS(=O)c1ccc(C(=O)OCc2nc(-c3cccnc3)no2)cc1. The number of hydrogen-bond donors (Lipinski definition) is 0. The van der Waals surface area contributed by atoms with Gasteiger partial charge in [-0.2, -0.15) is 4.98 Å². The number of hydrogen-bond acceptors (Lipinski definition) is 7. The molecule has 8 heteroatoms. The second-order valence-corrected chi connectivity index (χ2v) is 6.19. The first-order chi connectivity index (χ1) is 11.6. The lowest BCUT2D eigenvalue weighted by Crippen LogP contribution is -2.05. The monoisotopic (exact) mass is 343 g/mol. The molecular formula is C16H13N3O4S. The molecule has 0 spiro atoms. The van der Waals surface area contributed by atoms with Crippen LogP contribution in [0.3, 0.4) is 0 Å². The van der Waals surface area contributed by atoms with Gasteiger partial charge in [-0.3, -0.25) is 9.19 Å². The minimum atomic E-state index is -1.09. The van der Waals surface area contributed by atoms with E-state index in [4.69, 9.17) is 9.26 Å². The van der Waals surface area contributed by atoms with Crippen molar-refractivity contribution in [1.29, 1.82) is 0 Å². The topological polar surface area (TPSA) is 95.2 Å². The number of ether oxygens (including phenoxy) is 1. The summed E-state index contributed by atoms with van der Waals surface area (Å²) in [7, 11) is -1.09. The molecule has 0 saturated heterocycles. The van der Waals surface area contributed by atoms with Crippen molar-refractivity contribution in [2.45, 2.75) is 11.5 Å². The summed E-state index contributed by atoms with van der Waals surface area (Å²) in [5.41, 5.74) is 1.07. The number of carbonyl (C=O) groups excluding carboxylic acids is 1. The van der Waals surface area contributed by atoms with Gasteiger partial charge in [0.25, 0.3) is 5.89 Å². The van der Waals surface area contributed by atoms with Crippen molar-refractivity contribution in [3.05, 3.63) is 60.2 Å². The minimum Gasteiger partial charge on any atom is -0.452 e. The largest absolute Gasteiger partial charge is 0.452 e. The van der Waals surface area contributed by atoms with Crippen molar-refractivity contribution >= 4 is 16.8 Å². The van der Waals surface area contributed by atoms with E-state index in [1.165, 1.54) is 0 Å². The molecule has 0 aliphatic heterocycles. The van der Waals surface area contributed by atoms with Crippen molar-refractivity contribution < 1.29 is 18.3 Å². The van der Waals surface area contributed by atoms with E-state index in [0.29, 0.717) is 21.8 Å². The fourth-order valence-electron chi connectivity index (χ4n) is 1.92. The van der Waals surface area contributed by atoms with Crippen LogP contribution in [0.2, 0.25) is 0 Å². The van der Waals surface area contributed by atoms with E-state index in [0.717, 1.165) is 0 Å². The predicted octanol–water partition coefficient (Wildman–Crippen LogP) is 2.23. The highest BCUT2D eigenvalue weighted by Gasteiger charge is 2.13. The van der Waals surface area contributed by atoms with E-state index >= 15 is 0 Å². The van der Waals surface area contributed by atoms with Gasteiger partial charge in [-0.15, -0.1) is 0 Å². The molecule has 0 aliphatic carbocycles. The molecule has 0 saturated carbocycles. The summed E-state index contributed by atoms with van der Waals surface area (Å²) in [6, 6.07) is 9.94. The Morgan fingerprint density at radius 2 is 2.04 bits per heavy atom. The third-order valence-corrected chi connectivity index (χ3v) is 4.07. The van der Waals surface area contributed by atoms with Crippen molar-refractivity contribution in [3.8, 4) is 11.4 Å². The van der Waals surface area contributed by atoms with Crippen LogP contribution in [0.5, 0.6) is 0 Å². The van der Waals surface area contributed by atoms with Gasteiger partial charge in [-0.1, -0.05) is 5.16 Å². The molecule has 0 amide bonds. The average Bonchev–Trinajstić information content (AvgIpc) is 3.09. The van der Waals surface area contributed by atoms with Gasteiger partial charge in [0.15, 0.2) is 6.61 Å². The smallest absolute Gasteiger partial charge is 0.338 e. The van der Waals surface area contributed by atoms with Gasteiger partial charge in [0, 0.05) is 39.9 Å². The van der Waals surface area contributed by atoms with Crippen LogP contribution in [0.1, 0.15) is 16.2 Å². The summed E-state index contributed by atoms with van der Waals surface area (Å²) in [6.07, 6.45) is 4.83. The maximum atomic E-state index is 12.0. The molecule has 0 N–H and O–H groups in total. The van der Waals surface area contributed by atoms with Crippen molar-refractivity contribution in [2.24, 2.45) is 0 Å². The molecule has 0 fully saturated rings. The fourth-order valence-corrected chi connectivity index (χ4v) is 2.44. The number of benzene rings is 1. The highest BCUT2D eigenvalue weighted by atomic mass is 32.2. The van der Waals surface area contributed by atoms with Crippen molar-refractivity contribution in [1.82, 2.24) is 15.1 Å². The Morgan fingerprint density at radius 3 is 2.71 bits per heavy atom. The first kappa shape index (κ1) is 16.0. The molecule has 1 unspecified atom stereocenters. The Hall–Kier alpha value is -2.87. The van der Waals surface area contributed by atoms with Crippen LogP contribution >= 0.6 is 0 Å². The zero-order valence-electron chi connectivity index (χ0n) is 12.7. The predicted molar refractivity (Wildman–Crippen MR) is 85.4 cm³/mol. The van der Waals surface area contributed by atoms with Crippen LogP contribution in [0.25, 0.3) is 11.4 Å². The molecule has 1 aromatic carbocycles. The molecule has 0 radical (unpaired) electrons. The molecule has 122 valence electrons. The third kappa shape index (κ3) is 3.72. The van der Waals surface area contributed by atoms with Gasteiger partial charge in [0.05, 0.1) is 5.56 Å². The Bertz CT molecular complexity index is 863. The van der Waals surface area contributed by atoms with Crippen LogP contribution < -0.4 is 0 Å². The lowest BCUT2D eigenvalue weighted by atomic mass is 10.2. The van der Waals surface area contributed by atoms with Crippen LogP contribution in [0.4, 0.5) is 0 Å². The number of esters is 1. The Balaban J connectivity index is 1.62. The summed E-state index contributed by atoms with van der Waals surface area (Å²) in [5.74, 6) is 0.0435. The number of nitrogens with zero attached hydrogens (tertiary/aromatic N) is 3. The molecule has 2 heterocycles. The summed E-state index contributed by atoms with van der Waals surface area (Å²) in [6.45, 7) is -0.131. The van der Waals surface area contributed by atoms with E-state index in [-0.39, 0.29) is 12.5 Å². The van der Waals surface area contributed by atoms with E-state index in [1.54, 1.807) is 55.0 Å². The highest BCUT2D eigenvalue weighted by molar-refractivity contribution is 7.84. The highest BCUT2D eigenvalue weighted by Crippen LogP contribution is 2.15. The number of rotatable bonds is 5. The van der Waals surface area contributed by atoms with Crippen LogP contribution in [-0.2, 0) is 22.1 Å². The van der Waals surface area contributed by atoms with Gasteiger partial charge in [0.1, 0.15) is 0 Å². The molecule has 3 aromatic rings. The van der Waals surface area contributed by atoms with Gasteiger partial charge >= 0.3 is 5.97 Å². The minimum absolute atomic E-state index is 0.131. The molecule has 0 bridgehead atoms. The lowest BCUT2D eigenvalue weighted by Gasteiger charge is -2.02. The van der Waals surface area contributed by atoms with E-state index < -0.39 is 16.8 Å². The van der Waals surface area contributed by atoms with E-state index in [2.05, 4.69) is 15.1 Å². The van der Waals surface area contributed by atoms with Crippen molar-refractivity contribution in [3.63, 3.8) is 0 Å². The standard InChI is InChI=1S/C16H13N3O4S/c1-24(21)13-6-4-11(5-7-13)16(20)22-10-14-18-15(19-23-14)12-3-2-8-17-9-12/h2-9H,10H2,1H3. The lowest BCUT2D eigenvalue weighted by molar-refractivity contribution is 0.0429. The molecular weight excluding hydrogens is 330 g/mol. The summed E-state index contributed by atoms with van der Waals surface area (Å²) in [4.78, 5) is 20.7. The number of carbonyl (C=O) groups is 1. The molecule has 24 heavy (non-hydrogen) atoms. The maximum absolute atomic E-state index is 12.0. The number of pyridine rings is 1. The normalized spacial score (nSPS) is 11.9. The van der Waals surface area contributed by atoms with Gasteiger partial charge in [-0.05, 0) is 36.4 Å². The average molecular weight is 343 g/mol. The van der Waals surface area contributed by atoms with Crippen LogP contribution in [0.15, 0.2) is 58.2 Å². The first-order valence-corrected chi connectivity index (χ1v) is 8.53. The summed E-state index contributed by atoms with van der Waals surface area (Å²) < 4.78 is 21.5. The Kier molecular flexibility index (Phi) is 4.76. The Morgan fingerprint density at radius 1 is 1.25 bits per heavy atom. The van der Waals surface area contributed by atoms with Gasteiger partial charge < -0.3 is 9.26 Å². The number of aromatic nitrogens is 3. The zero-order valence-corrected chi connectivity index (χ0v) is 13.5. The van der Waals surface area contributed by atoms with Crippen molar-refractivity contribution in [2.75, 3.05) is 6.26 Å². The van der Waals surface area contributed by atoms with Crippen LogP contribution in [-0.4, -0.2) is 31.6 Å². The molecule has 3 rings (SSSR count). The Labute approximate surface area is 140 Å². The van der Waals surface area contributed by atoms with E-state index in [1.807, 2.05) is 0 Å². The maximum Gasteiger partial charge on any atom is 0.338 e. The fraction of sp³-hybridized carbons (Fsp3) is 0.125. The first-order valence-electron chi connectivity index (χ1n) is 6.97. The quantitative estimate of drug-likeness (QED) is 0.655. The molecule has 7 nitrogen and oxygen atoms in total. The molecule has 0 aliphatic rings. The van der Waals surface area contributed by atoms with Gasteiger partial charge in [0.2, 0.25) is 5.82 Å². The second kappa shape index (κ2) is 7.14. The van der Waals surface area contributed by atoms with Gasteiger partial charge in [-0.25, -0.2) is 4.79 Å². The molecule has 2 aromatic heterocycles. The summed E-state index contributed by atoms with van der Waals surface area (Å²) in [5, 5.41) is 3.82. The van der Waals surface area contributed by atoms with E-state index in [9.17, 15) is 9.00 Å². The third-order valence-electron chi connectivity index (χ3n) is 3.14. The summed E-state index contributed by atoms with van der Waals surface area (Å²) >= 11 is 0. The zero-order chi connectivity index (χ0) is 16.9. The second-order valence-electron chi connectivity index (χ2n) is 4.81.